The van der Waals surface area contributed by atoms with Crippen LogP contribution >= 0.6 is 10.0 Å². The number of hydrogen-bond donors (Lipinski definition) is 1. The maximum absolute atomic E-state index is 9.38. The summed E-state index contributed by atoms with van der Waals surface area (Å²) in [5, 5.41) is 18.5. The molecule has 0 bridgehead atoms. The van der Waals surface area contributed by atoms with E-state index >= 15 is 0 Å². The Hall–Kier alpha value is -1.16. The number of benzene rings is 1. The van der Waals surface area contributed by atoms with Crippen molar-refractivity contribution < 1.29 is 14.4 Å². The Morgan fingerprint density at radius 3 is 1.81 bits per heavy atom. The Kier molecular flexibility index (Phi) is 6.57. The Morgan fingerprint density at radius 2 is 1.46 bits per heavy atom. The third-order valence-electron chi connectivity index (χ3n) is 5.50. The molecule has 1 N–H and O–H groups in total. The largest absolute Gasteiger partial charge is 0.508 e. The van der Waals surface area contributed by atoms with Gasteiger partial charge in [0, 0.05) is 5.46 Å². The van der Waals surface area contributed by atoms with Gasteiger partial charge in [0.15, 0.2) is 0 Å². The van der Waals surface area contributed by atoms with Gasteiger partial charge in [-0.2, -0.15) is 5.26 Å². The van der Waals surface area contributed by atoms with Crippen LogP contribution in [0, 0.1) is 11.3 Å². The third-order valence-corrected chi connectivity index (χ3v) is 9.18. The lowest BCUT2D eigenvalue weighted by atomic mass is 9.76. The molecule has 0 aromatic heterocycles. The van der Waals surface area contributed by atoms with Crippen LogP contribution in [0.5, 0.6) is 5.75 Å². The molecule has 26 heavy (non-hydrogen) atoms. The Labute approximate surface area is 161 Å². The Morgan fingerprint density at radius 1 is 1.04 bits per heavy atom. The van der Waals surface area contributed by atoms with Crippen LogP contribution in [-0.2, 0) is 9.31 Å². The molecule has 0 amide bonds. The fourth-order valence-corrected chi connectivity index (χ4v) is 1.82. The molecule has 1 heterocycles. The van der Waals surface area contributed by atoms with Crippen LogP contribution in [0.25, 0.3) is 0 Å². The van der Waals surface area contributed by atoms with Crippen molar-refractivity contribution in [2.45, 2.75) is 64.4 Å². The van der Waals surface area contributed by atoms with E-state index in [2.05, 4.69) is 39.5 Å². The van der Waals surface area contributed by atoms with Gasteiger partial charge in [0.2, 0.25) is 0 Å². The van der Waals surface area contributed by atoms with Crippen molar-refractivity contribution in [3.63, 3.8) is 0 Å². The highest BCUT2D eigenvalue weighted by molar-refractivity contribution is 8.33. The van der Waals surface area contributed by atoms with Crippen LogP contribution < -0.4 is 5.46 Å². The van der Waals surface area contributed by atoms with Crippen LogP contribution in [-0.4, -0.2) is 46.9 Å². The summed E-state index contributed by atoms with van der Waals surface area (Å²) < 4.78 is 12.3. The lowest BCUT2D eigenvalue weighted by Gasteiger charge is -2.40. The summed E-state index contributed by atoms with van der Waals surface area (Å²) in [6, 6.07) is 6.66. The number of phenols is 1. The van der Waals surface area contributed by atoms with Crippen molar-refractivity contribution in [1.29, 1.82) is 5.26 Å². The van der Waals surface area contributed by atoms with E-state index < -0.39 is 18.3 Å². The second kappa shape index (κ2) is 7.46. The van der Waals surface area contributed by atoms with Crippen molar-refractivity contribution in [2.24, 2.45) is 0 Å². The van der Waals surface area contributed by atoms with Gasteiger partial charge in [-0.15, -0.1) is 0 Å². The second-order valence-electron chi connectivity index (χ2n) is 9.42. The molecular weight excluding hydrogens is 345 g/mol. The van der Waals surface area contributed by atoms with Gasteiger partial charge in [-0.3, -0.25) is 0 Å². The second-order valence-corrected chi connectivity index (χ2v) is 14.3. The molecule has 1 aromatic rings. The minimum atomic E-state index is -0.578. The summed E-state index contributed by atoms with van der Waals surface area (Å²) in [6.07, 6.45) is 7.06. The summed E-state index contributed by atoms with van der Waals surface area (Å²) in [6.45, 7) is 14.8. The molecule has 0 aliphatic carbocycles. The summed E-state index contributed by atoms with van der Waals surface area (Å²) in [5.41, 5.74) is 0.132. The SMILES string of the molecule is CC(C)(C)S(C)(C)C.CC1(C)OB(c2ccc(O)cc2C#N)OC1(C)C. The van der Waals surface area contributed by atoms with Crippen molar-refractivity contribution in [1.82, 2.24) is 0 Å². The van der Waals surface area contributed by atoms with Gasteiger partial charge >= 0.3 is 7.12 Å². The molecule has 1 fully saturated rings. The molecule has 6 heteroatoms. The molecular formula is C20H34BNO3S. The van der Waals surface area contributed by atoms with Crippen molar-refractivity contribution in [3.05, 3.63) is 23.8 Å². The zero-order chi connectivity index (χ0) is 20.6. The van der Waals surface area contributed by atoms with E-state index in [9.17, 15) is 5.11 Å². The minimum absolute atomic E-state index is 0.0619. The van der Waals surface area contributed by atoms with Gasteiger partial charge in [-0.05, 0) is 63.3 Å². The summed E-state index contributed by atoms with van der Waals surface area (Å²) in [5.74, 6) is 0.0619. The van der Waals surface area contributed by atoms with Crippen LogP contribution in [0.15, 0.2) is 18.2 Å². The quantitative estimate of drug-likeness (QED) is 0.748. The van der Waals surface area contributed by atoms with Gasteiger partial charge in [0.25, 0.3) is 0 Å². The topological polar surface area (TPSA) is 62.5 Å². The molecule has 1 aromatic carbocycles. The molecule has 1 aliphatic rings. The van der Waals surface area contributed by atoms with Crippen molar-refractivity contribution in [3.8, 4) is 11.8 Å². The van der Waals surface area contributed by atoms with Gasteiger partial charge in [0.1, 0.15) is 5.75 Å². The first kappa shape index (κ1) is 22.9. The molecule has 0 unspecified atom stereocenters. The molecule has 2 rings (SSSR count). The molecule has 0 atom stereocenters. The van der Waals surface area contributed by atoms with E-state index in [0.29, 0.717) is 15.8 Å². The molecule has 1 saturated heterocycles. The lowest BCUT2D eigenvalue weighted by molar-refractivity contribution is 0.00578. The maximum atomic E-state index is 9.38. The highest BCUT2D eigenvalue weighted by Gasteiger charge is 2.52. The van der Waals surface area contributed by atoms with Gasteiger partial charge in [0.05, 0.1) is 22.8 Å². The van der Waals surface area contributed by atoms with Gasteiger partial charge < -0.3 is 14.4 Å². The number of phenolic OH excluding ortho intramolecular Hbond substituents is 1. The monoisotopic (exact) mass is 379 g/mol. The highest BCUT2D eigenvalue weighted by atomic mass is 32.3. The van der Waals surface area contributed by atoms with Crippen LogP contribution in [0.1, 0.15) is 54.0 Å². The molecule has 0 saturated carbocycles. The third kappa shape index (κ3) is 5.19. The Balaban J connectivity index is 0.000000359. The predicted molar refractivity (Wildman–Crippen MR) is 114 cm³/mol. The van der Waals surface area contributed by atoms with Crippen LogP contribution in [0.2, 0.25) is 0 Å². The zero-order valence-corrected chi connectivity index (χ0v) is 18.7. The number of hydrogen-bond acceptors (Lipinski definition) is 4. The van der Waals surface area contributed by atoms with Crippen molar-refractivity contribution >= 4 is 22.6 Å². The van der Waals surface area contributed by atoms with E-state index in [0.717, 1.165) is 0 Å². The Bertz CT molecular complexity index is 654. The van der Waals surface area contributed by atoms with E-state index in [-0.39, 0.29) is 15.8 Å². The predicted octanol–water partition coefficient (Wildman–Crippen LogP) is 4.04. The number of aromatic hydroxyl groups is 1. The summed E-state index contributed by atoms with van der Waals surface area (Å²) in [4.78, 5) is 0. The average molecular weight is 379 g/mol. The van der Waals surface area contributed by atoms with Crippen LogP contribution in [0.4, 0.5) is 0 Å². The fourth-order valence-electron chi connectivity index (χ4n) is 1.82. The van der Waals surface area contributed by atoms with Gasteiger partial charge in [-0.1, -0.05) is 26.8 Å². The zero-order valence-electron chi connectivity index (χ0n) is 17.9. The van der Waals surface area contributed by atoms with Crippen molar-refractivity contribution in [2.75, 3.05) is 18.8 Å². The number of nitriles is 1. The van der Waals surface area contributed by atoms with E-state index in [4.69, 9.17) is 14.6 Å². The summed E-state index contributed by atoms with van der Waals surface area (Å²) in [7, 11) is -0.919. The van der Waals surface area contributed by atoms with E-state index in [1.54, 1.807) is 6.07 Å². The first-order valence-electron chi connectivity index (χ1n) is 8.78. The lowest BCUT2D eigenvalue weighted by Crippen LogP contribution is -2.41. The van der Waals surface area contributed by atoms with E-state index in [1.165, 1.54) is 12.1 Å². The minimum Gasteiger partial charge on any atom is -0.508 e. The highest BCUT2D eigenvalue weighted by Crippen LogP contribution is 2.48. The number of rotatable bonds is 1. The van der Waals surface area contributed by atoms with E-state index in [1.807, 2.05) is 33.8 Å². The fraction of sp³-hybridized carbons (Fsp3) is 0.650. The molecule has 146 valence electrons. The molecule has 0 spiro atoms. The maximum Gasteiger partial charge on any atom is 0.496 e. The first-order valence-corrected chi connectivity index (χ1v) is 11.6. The number of nitrogens with zero attached hydrogens (tertiary/aromatic N) is 1. The first-order chi connectivity index (χ1) is 11.5. The molecule has 1 aliphatic heterocycles. The normalized spacial score (nSPS) is 19.3. The smallest absolute Gasteiger partial charge is 0.496 e. The van der Waals surface area contributed by atoms with Gasteiger partial charge in [-0.25, -0.2) is 10.0 Å². The van der Waals surface area contributed by atoms with Crippen LogP contribution in [0.3, 0.4) is 0 Å². The standard InChI is InChI=1S/C13H16BNO3.C7H18S/c1-12(2)13(3,4)18-14(17-12)11-6-5-10(16)7-9(11)8-15;1-7(2,3)8(4,5)6/h5-7,16H,1-4H3;1-6H3. The molecule has 0 radical (unpaired) electrons. The molecule has 4 nitrogen and oxygen atoms in total. The average Bonchev–Trinajstić information content (AvgIpc) is 2.65. The summed E-state index contributed by atoms with van der Waals surface area (Å²) >= 11 is 0.